The van der Waals surface area contributed by atoms with Crippen LogP contribution >= 0.6 is 0 Å². The molecule has 0 unspecified atom stereocenters. The molecule has 0 aliphatic heterocycles. The minimum absolute atomic E-state index is 0.471. The lowest BCUT2D eigenvalue weighted by Gasteiger charge is -2.30. The standard InChI is InChI=1S/C10H22N2O2S/c1-8(2)10-5-3-9(4-6-10)7-12-15(11,13)14/h8-10,12H,3-7H2,1-2H3,(H2,11,13,14). The monoisotopic (exact) mass is 234 g/mol. The van der Waals surface area contributed by atoms with Crippen LogP contribution in [0.2, 0.25) is 0 Å². The molecule has 0 heterocycles. The fourth-order valence-electron chi connectivity index (χ4n) is 2.29. The van der Waals surface area contributed by atoms with Crippen molar-refractivity contribution in [2.45, 2.75) is 39.5 Å². The molecule has 0 amide bonds. The molecular weight excluding hydrogens is 212 g/mol. The summed E-state index contributed by atoms with van der Waals surface area (Å²) < 4.78 is 23.8. The first-order chi connectivity index (χ1) is 6.88. The van der Waals surface area contributed by atoms with Gasteiger partial charge in [0, 0.05) is 6.54 Å². The number of rotatable bonds is 4. The van der Waals surface area contributed by atoms with Crippen LogP contribution in [0.5, 0.6) is 0 Å². The third-order valence-electron chi connectivity index (χ3n) is 3.41. The van der Waals surface area contributed by atoms with E-state index in [1.54, 1.807) is 0 Å². The lowest BCUT2D eigenvalue weighted by Crippen LogP contribution is -2.36. The highest BCUT2D eigenvalue weighted by molar-refractivity contribution is 7.87. The van der Waals surface area contributed by atoms with Crippen LogP contribution in [-0.4, -0.2) is 15.0 Å². The second-order valence-electron chi connectivity index (χ2n) is 4.92. The second kappa shape index (κ2) is 5.27. The van der Waals surface area contributed by atoms with E-state index in [0.29, 0.717) is 12.5 Å². The molecule has 0 radical (unpaired) electrons. The maximum absolute atomic E-state index is 10.7. The lowest BCUT2D eigenvalue weighted by molar-refractivity contribution is 0.225. The molecule has 0 spiro atoms. The van der Waals surface area contributed by atoms with Gasteiger partial charge in [0.15, 0.2) is 0 Å². The largest absolute Gasteiger partial charge is 0.274 e. The van der Waals surface area contributed by atoms with Crippen LogP contribution in [0.1, 0.15) is 39.5 Å². The van der Waals surface area contributed by atoms with Gasteiger partial charge >= 0.3 is 0 Å². The SMILES string of the molecule is CC(C)C1CCC(CNS(N)(=O)=O)CC1. The van der Waals surface area contributed by atoms with Crippen LogP contribution in [-0.2, 0) is 10.2 Å². The van der Waals surface area contributed by atoms with Gasteiger partial charge in [-0.05, 0) is 43.4 Å². The Morgan fingerprint density at radius 2 is 1.80 bits per heavy atom. The quantitative estimate of drug-likeness (QED) is 0.768. The Balaban J connectivity index is 2.26. The fraction of sp³-hybridized carbons (Fsp3) is 1.00. The molecule has 0 aromatic carbocycles. The minimum Gasteiger partial charge on any atom is -0.216 e. The van der Waals surface area contributed by atoms with Crippen LogP contribution in [0.3, 0.4) is 0 Å². The van der Waals surface area contributed by atoms with Crippen LogP contribution in [0.25, 0.3) is 0 Å². The Kier molecular flexibility index (Phi) is 4.55. The fourth-order valence-corrected chi connectivity index (χ4v) is 2.76. The summed E-state index contributed by atoms with van der Waals surface area (Å²) in [6.07, 6.45) is 4.67. The summed E-state index contributed by atoms with van der Waals surface area (Å²) in [7, 11) is -3.50. The van der Waals surface area contributed by atoms with Gasteiger partial charge in [0.1, 0.15) is 0 Å². The Bertz CT molecular complexity index is 280. The maximum Gasteiger partial charge on any atom is 0.274 e. The topological polar surface area (TPSA) is 72.2 Å². The molecule has 0 saturated heterocycles. The Morgan fingerprint density at radius 1 is 1.27 bits per heavy atom. The van der Waals surface area contributed by atoms with Gasteiger partial charge in [0.2, 0.25) is 0 Å². The number of hydrogen-bond donors (Lipinski definition) is 2. The molecule has 0 bridgehead atoms. The van der Waals surface area contributed by atoms with Gasteiger partial charge in [0.25, 0.3) is 10.2 Å². The third kappa shape index (κ3) is 4.95. The van der Waals surface area contributed by atoms with Crippen LogP contribution in [0, 0.1) is 17.8 Å². The van der Waals surface area contributed by atoms with Crippen molar-refractivity contribution >= 4 is 10.2 Å². The first-order valence-electron chi connectivity index (χ1n) is 5.66. The molecule has 1 fully saturated rings. The van der Waals surface area contributed by atoms with E-state index in [1.165, 1.54) is 12.8 Å². The molecule has 1 rings (SSSR count). The summed E-state index contributed by atoms with van der Waals surface area (Å²) in [5.41, 5.74) is 0. The van der Waals surface area contributed by atoms with Gasteiger partial charge in [-0.15, -0.1) is 0 Å². The molecular formula is C10H22N2O2S. The summed E-state index contributed by atoms with van der Waals surface area (Å²) >= 11 is 0. The molecule has 0 aromatic heterocycles. The second-order valence-corrected chi connectivity index (χ2v) is 6.30. The van der Waals surface area contributed by atoms with Crippen molar-refractivity contribution in [1.29, 1.82) is 0 Å². The summed E-state index contributed by atoms with van der Waals surface area (Å²) in [6, 6.07) is 0. The van der Waals surface area contributed by atoms with E-state index in [-0.39, 0.29) is 0 Å². The zero-order chi connectivity index (χ0) is 11.5. The van der Waals surface area contributed by atoms with Crippen LogP contribution in [0.4, 0.5) is 0 Å². The van der Waals surface area contributed by atoms with E-state index in [9.17, 15) is 8.42 Å². The Labute approximate surface area is 92.8 Å². The third-order valence-corrected chi connectivity index (χ3v) is 3.98. The molecule has 0 aromatic rings. The molecule has 1 aliphatic rings. The van der Waals surface area contributed by atoms with Crippen LogP contribution < -0.4 is 9.86 Å². The smallest absolute Gasteiger partial charge is 0.216 e. The van der Waals surface area contributed by atoms with Gasteiger partial charge in [-0.25, -0.2) is 9.86 Å². The average Bonchev–Trinajstić information content (AvgIpc) is 2.14. The summed E-state index contributed by atoms with van der Waals surface area (Å²) in [5.74, 6) is 2.03. The van der Waals surface area contributed by atoms with E-state index < -0.39 is 10.2 Å². The van der Waals surface area contributed by atoms with Gasteiger partial charge in [-0.3, -0.25) is 0 Å². The molecule has 1 saturated carbocycles. The van der Waals surface area contributed by atoms with E-state index in [4.69, 9.17) is 5.14 Å². The normalized spacial score (nSPS) is 28.3. The predicted octanol–water partition coefficient (Wildman–Crippen LogP) is 1.24. The summed E-state index contributed by atoms with van der Waals surface area (Å²) in [6.45, 7) is 5.02. The number of nitrogens with one attached hydrogen (secondary N) is 1. The average molecular weight is 234 g/mol. The number of hydrogen-bond acceptors (Lipinski definition) is 2. The van der Waals surface area contributed by atoms with E-state index in [2.05, 4.69) is 18.6 Å². The van der Waals surface area contributed by atoms with Crippen molar-refractivity contribution in [3.63, 3.8) is 0 Å². The highest BCUT2D eigenvalue weighted by Crippen LogP contribution is 2.32. The van der Waals surface area contributed by atoms with Crippen molar-refractivity contribution in [3.8, 4) is 0 Å². The molecule has 3 N–H and O–H groups in total. The molecule has 90 valence electrons. The van der Waals surface area contributed by atoms with E-state index in [0.717, 1.165) is 24.7 Å². The minimum atomic E-state index is -3.50. The Hall–Kier alpha value is -0.130. The summed E-state index contributed by atoms with van der Waals surface area (Å²) in [5, 5.41) is 4.89. The summed E-state index contributed by atoms with van der Waals surface area (Å²) in [4.78, 5) is 0. The predicted molar refractivity (Wildman–Crippen MR) is 61.4 cm³/mol. The first kappa shape index (κ1) is 12.9. The van der Waals surface area contributed by atoms with Gasteiger partial charge in [-0.1, -0.05) is 13.8 Å². The molecule has 5 heteroatoms. The van der Waals surface area contributed by atoms with Gasteiger partial charge in [0.05, 0.1) is 0 Å². The molecule has 0 atom stereocenters. The van der Waals surface area contributed by atoms with Crippen LogP contribution in [0.15, 0.2) is 0 Å². The van der Waals surface area contributed by atoms with Crippen molar-refractivity contribution in [1.82, 2.24) is 4.72 Å². The van der Waals surface area contributed by atoms with Gasteiger partial charge < -0.3 is 0 Å². The van der Waals surface area contributed by atoms with Crippen molar-refractivity contribution in [3.05, 3.63) is 0 Å². The lowest BCUT2D eigenvalue weighted by atomic mass is 9.77. The number of nitrogens with two attached hydrogens (primary N) is 1. The van der Waals surface area contributed by atoms with E-state index in [1.807, 2.05) is 0 Å². The zero-order valence-electron chi connectivity index (χ0n) is 9.57. The molecule has 4 nitrogen and oxygen atoms in total. The first-order valence-corrected chi connectivity index (χ1v) is 7.20. The van der Waals surface area contributed by atoms with Crippen molar-refractivity contribution in [2.75, 3.05) is 6.54 Å². The van der Waals surface area contributed by atoms with Crippen molar-refractivity contribution < 1.29 is 8.42 Å². The van der Waals surface area contributed by atoms with Crippen molar-refractivity contribution in [2.24, 2.45) is 22.9 Å². The Morgan fingerprint density at radius 3 is 2.20 bits per heavy atom. The highest BCUT2D eigenvalue weighted by atomic mass is 32.2. The van der Waals surface area contributed by atoms with Gasteiger partial charge in [-0.2, -0.15) is 8.42 Å². The highest BCUT2D eigenvalue weighted by Gasteiger charge is 2.23. The molecule has 15 heavy (non-hydrogen) atoms. The zero-order valence-corrected chi connectivity index (χ0v) is 10.4. The molecule has 1 aliphatic carbocycles. The van der Waals surface area contributed by atoms with E-state index >= 15 is 0 Å². The maximum atomic E-state index is 10.7.